The van der Waals surface area contributed by atoms with Crippen LogP contribution in [0.1, 0.15) is 29.4 Å². The van der Waals surface area contributed by atoms with Gasteiger partial charge in [-0.25, -0.2) is 0 Å². The zero-order chi connectivity index (χ0) is 13.9. The molecule has 0 aliphatic carbocycles. The molecule has 1 aliphatic rings. The van der Waals surface area contributed by atoms with Crippen LogP contribution in [-0.4, -0.2) is 13.1 Å². The van der Waals surface area contributed by atoms with E-state index in [4.69, 9.17) is 11.6 Å². The number of halogens is 2. The van der Waals surface area contributed by atoms with Crippen molar-refractivity contribution < 1.29 is 0 Å². The summed E-state index contributed by atoms with van der Waals surface area (Å²) in [5, 5.41) is 4.35. The first kappa shape index (κ1) is 14.1. The van der Waals surface area contributed by atoms with E-state index in [1.807, 2.05) is 6.07 Å². The smallest absolute Gasteiger partial charge is 0.0408 e. The highest BCUT2D eigenvalue weighted by molar-refractivity contribution is 9.10. The topological polar surface area (TPSA) is 12.0 Å². The summed E-state index contributed by atoms with van der Waals surface area (Å²) in [5.74, 6) is 1.01. The number of benzene rings is 2. The molecular formula is C17H17BrClN. The Bertz CT molecular complexity index is 599. The fourth-order valence-corrected chi connectivity index (χ4v) is 3.87. The summed E-state index contributed by atoms with van der Waals surface area (Å²) < 4.78 is 1.20. The molecule has 20 heavy (non-hydrogen) atoms. The van der Waals surface area contributed by atoms with Gasteiger partial charge in [-0.05, 0) is 48.2 Å². The fraction of sp³-hybridized carbons (Fsp3) is 0.294. The number of hydrogen-bond donors (Lipinski definition) is 1. The molecule has 0 bridgehead atoms. The number of rotatable bonds is 2. The summed E-state index contributed by atoms with van der Waals surface area (Å²) >= 11 is 9.86. The zero-order valence-electron chi connectivity index (χ0n) is 11.2. The molecule has 104 valence electrons. The van der Waals surface area contributed by atoms with E-state index in [2.05, 4.69) is 63.7 Å². The molecule has 0 radical (unpaired) electrons. The highest BCUT2D eigenvalue weighted by atomic mass is 79.9. The molecular weight excluding hydrogens is 334 g/mol. The van der Waals surface area contributed by atoms with Crippen LogP contribution in [0.2, 0.25) is 5.02 Å². The molecule has 1 aliphatic heterocycles. The van der Waals surface area contributed by atoms with Crippen LogP contribution in [0.5, 0.6) is 0 Å². The van der Waals surface area contributed by atoms with E-state index in [-0.39, 0.29) is 0 Å². The van der Waals surface area contributed by atoms with Crippen molar-refractivity contribution in [3.05, 3.63) is 69.2 Å². The maximum absolute atomic E-state index is 6.16. The fourth-order valence-electron chi connectivity index (χ4n) is 3.10. The molecule has 0 saturated carbocycles. The van der Waals surface area contributed by atoms with Gasteiger partial charge in [0.2, 0.25) is 0 Å². The number of hydrogen-bond acceptors (Lipinski definition) is 1. The van der Waals surface area contributed by atoms with Gasteiger partial charge in [0.05, 0.1) is 0 Å². The van der Waals surface area contributed by atoms with Crippen molar-refractivity contribution in [3.8, 4) is 0 Å². The largest absolute Gasteiger partial charge is 0.316 e. The van der Waals surface area contributed by atoms with E-state index in [0.29, 0.717) is 11.8 Å². The molecule has 1 fully saturated rings. The van der Waals surface area contributed by atoms with Gasteiger partial charge in [-0.1, -0.05) is 57.9 Å². The first-order valence-corrected chi connectivity index (χ1v) is 8.13. The van der Waals surface area contributed by atoms with Gasteiger partial charge in [0.15, 0.2) is 0 Å². The molecule has 3 rings (SSSR count). The summed E-state index contributed by atoms with van der Waals surface area (Å²) in [6, 6.07) is 16.8. The third-order valence-electron chi connectivity index (χ3n) is 4.06. The van der Waals surface area contributed by atoms with Crippen LogP contribution in [0.3, 0.4) is 0 Å². The first-order valence-electron chi connectivity index (χ1n) is 6.96. The van der Waals surface area contributed by atoms with E-state index in [9.17, 15) is 0 Å². The normalized spacial score (nSPS) is 22.7. The molecule has 0 aromatic heterocycles. The van der Waals surface area contributed by atoms with Crippen LogP contribution in [0.15, 0.2) is 53.0 Å². The lowest BCUT2D eigenvalue weighted by Gasteiger charge is -2.33. The Labute approximate surface area is 133 Å². The Morgan fingerprint density at radius 2 is 1.90 bits per heavy atom. The molecule has 0 spiro atoms. The minimum atomic E-state index is 0.484. The Kier molecular flexibility index (Phi) is 4.45. The standard InChI is InChI=1S/C17H17BrClN/c18-17-7-2-1-6-15(17)16-11-20-9-8-14(16)12-4-3-5-13(19)10-12/h1-7,10,14,16,20H,8-9,11H2. The molecule has 1 N–H and O–H groups in total. The van der Waals surface area contributed by atoms with E-state index in [0.717, 1.165) is 24.5 Å². The predicted molar refractivity (Wildman–Crippen MR) is 88.6 cm³/mol. The Morgan fingerprint density at radius 1 is 1.05 bits per heavy atom. The van der Waals surface area contributed by atoms with Crippen LogP contribution in [-0.2, 0) is 0 Å². The van der Waals surface area contributed by atoms with Crippen LogP contribution in [0, 0.1) is 0 Å². The van der Waals surface area contributed by atoms with Gasteiger partial charge in [-0.15, -0.1) is 0 Å². The SMILES string of the molecule is Clc1cccc(C2CCNCC2c2ccccc2Br)c1. The second-order valence-electron chi connectivity index (χ2n) is 5.28. The third kappa shape index (κ3) is 2.93. The van der Waals surface area contributed by atoms with Gasteiger partial charge in [0.25, 0.3) is 0 Å². The quantitative estimate of drug-likeness (QED) is 0.807. The van der Waals surface area contributed by atoms with Crippen molar-refractivity contribution in [3.63, 3.8) is 0 Å². The van der Waals surface area contributed by atoms with Gasteiger partial charge in [-0.3, -0.25) is 0 Å². The Hall–Kier alpha value is -0.830. The van der Waals surface area contributed by atoms with Crippen molar-refractivity contribution in [2.45, 2.75) is 18.3 Å². The maximum Gasteiger partial charge on any atom is 0.0408 e. The van der Waals surface area contributed by atoms with Crippen molar-refractivity contribution in [1.29, 1.82) is 0 Å². The Morgan fingerprint density at radius 3 is 2.70 bits per heavy atom. The lowest BCUT2D eigenvalue weighted by Crippen LogP contribution is -2.34. The molecule has 2 aromatic rings. The second-order valence-corrected chi connectivity index (χ2v) is 6.57. The molecule has 2 atom stereocenters. The van der Waals surface area contributed by atoms with Gasteiger partial charge < -0.3 is 5.32 Å². The summed E-state index contributed by atoms with van der Waals surface area (Å²) in [4.78, 5) is 0. The van der Waals surface area contributed by atoms with E-state index >= 15 is 0 Å². The second kappa shape index (κ2) is 6.30. The third-order valence-corrected chi connectivity index (χ3v) is 5.02. The van der Waals surface area contributed by atoms with Gasteiger partial charge >= 0.3 is 0 Å². The summed E-state index contributed by atoms with van der Waals surface area (Å²) in [6.45, 7) is 2.08. The van der Waals surface area contributed by atoms with Crippen LogP contribution < -0.4 is 5.32 Å². The van der Waals surface area contributed by atoms with Crippen molar-refractivity contribution in [2.75, 3.05) is 13.1 Å². The summed E-state index contributed by atoms with van der Waals surface area (Å²) in [7, 11) is 0. The minimum absolute atomic E-state index is 0.484. The van der Waals surface area contributed by atoms with Gasteiger partial charge in [0.1, 0.15) is 0 Å². The van der Waals surface area contributed by atoms with Crippen LogP contribution >= 0.6 is 27.5 Å². The summed E-state index contributed by atoms with van der Waals surface area (Å²) in [5.41, 5.74) is 2.73. The molecule has 1 saturated heterocycles. The van der Waals surface area contributed by atoms with Crippen molar-refractivity contribution in [2.24, 2.45) is 0 Å². The Balaban J connectivity index is 1.98. The zero-order valence-corrected chi connectivity index (χ0v) is 13.5. The van der Waals surface area contributed by atoms with E-state index < -0.39 is 0 Å². The average molecular weight is 351 g/mol. The highest BCUT2D eigenvalue weighted by Gasteiger charge is 2.28. The molecule has 1 heterocycles. The molecule has 3 heteroatoms. The van der Waals surface area contributed by atoms with Crippen LogP contribution in [0.25, 0.3) is 0 Å². The van der Waals surface area contributed by atoms with Crippen molar-refractivity contribution in [1.82, 2.24) is 5.32 Å². The van der Waals surface area contributed by atoms with Gasteiger partial charge in [0, 0.05) is 22.0 Å². The maximum atomic E-state index is 6.16. The van der Waals surface area contributed by atoms with E-state index in [1.54, 1.807) is 0 Å². The lowest BCUT2D eigenvalue weighted by atomic mass is 9.77. The van der Waals surface area contributed by atoms with Gasteiger partial charge in [-0.2, -0.15) is 0 Å². The van der Waals surface area contributed by atoms with Crippen molar-refractivity contribution >= 4 is 27.5 Å². The molecule has 2 aromatic carbocycles. The molecule has 0 amide bonds. The number of nitrogens with one attached hydrogen (secondary N) is 1. The monoisotopic (exact) mass is 349 g/mol. The summed E-state index contributed by atoms with van der Waals surface area (Å²) in [6.07, 6.45) is 1.15. The number of piperidine rings is 1. The van der Waals surface area contributed by atoms with Crippen LogP contribution in [0.4, 0.5) is 0 Å². The first-order chi connectivity index (χ1) is 9.75. The highest BCUT2D eigenvalue weighted by Crippen LogP contribution is 2.40. The lowest BCUT2D eigenvalue weighted by molar-refractivity contribution is 0.403. The molecule has 1 nitrogen and oxygen atoms in total. The van der Waals surface area contributed by atoms with E-state index in [1.165, 1.54) is 15.6 Å². The predicted octanol–water partition coefficient (Wildman–Crippen LogP) is 4.96. The average Bonchev–Trinajstić information content (AvgIpc) is 2.48. The molecule has 2 unspecified atom stereocenters. The minimum Gasteiger partial charge on any atom is -0.316 e.